The van der Waals surface area contributed by atoms with E-state index in [0.717, 1.165) is 80.0 Å². The molecule has 0 bridgehead atoms. The molecule has 0 saturated heterocycles. The van der Waals surface area contributed by atoms with Crippen LogP contribution < -0.4 is 10.0 Å². The van der Waals surface area contributed by atoms with Gasteiger partial charge < -0.3 is 10.3 Å². The zero-order valence-electron chi connectivity index (χ0n) is 26.7. The summed E-state index contributed by atoms with van der Waals surface area (Å²) in [5, 5.41) is 12.4. The maximum absolute atomic E-state index is 14.9. The van der Waals surface area contributed by atoms with Gasteiger partial charge in [-0.05, 0) is 89.0 Å². The van der Waals surface area contributed by atoms with Crippen LogP contribution in [0.25, 0.3) is 39.0 Å². The minimum absolute atomic E-state index is 0.302. The van der Waals surface area contributed by atoms with Gasteiger partial charge in [-0.1, -0.05) is 66.9 Å². The molecule has 47 heavy (non-hydrogen) atoms. The molecule has 0 amide bonds. The number of allylic oxidation sites excluding steroid dienone is 2. The standard InChI is InChI=1S/C39H39FN6S/c1-6-10-34(31-15-28(17-33(40)18-31)24-43-47(3,4)5)35-20-38(44-26(35)2)39-36-19-30(13-14-37(36)45-46-39)32-16-29(23-42-25-32)22-41-21-27-11-8-7-9-12-27/h6-20,23,25,41,43-44H,1,3-4,21-22,24H2,2,5H3,(H,45,46)/b34-10-. The van der Waals surface area contributed by atoms with Crippen LogP contribution in [0.3, 0.4) is 0 Å². The van der Waals surface area contributed by atoms with Gasteiger partial charge in [0.25, 0.3) is 0 Å². The minimum atomic E-state index is -1.44. The molecule has 3 aromatic carbocycles. The minimum Gasteiger partial charge on any atom is -0.357 e. The lowest BCUT2D eigenvalue weighted by molar-refractivity contribution is 0.624. The van der Waals surface area contributed by atoms with Crippen molar-refractivity contribution in [2.75, 3.05) is 6.26 Å². The predicted octanol–water partition coefficient (Wildman–Crippen LogP) is 8.28. The third kappa shape index (κ3) is 7.69. The van der Waals surface area contributed by atoms with Crippen LogP contribution in [0, 0.1) is 12.7 Å². The fourth-order valence-electron chi connectivity index (χ4n) is 5.68. The number of hydrogen-bond acceptors (Lipinski definition) is 4. The number of aromatic nitrogens is 4. The molecule has 0 aliphatic heterocycles. The Kier molecular flexibility index (Phi) is 9.36. The second-order valence-corrected chi connectivity index (χ2v) is 14.8. The highest BCUT2D eigenvalue weighted by Crippen LogP contribution is 2.35. The van der Waals surface area contributed by atoms with Crippen molar-refractivity contribution in [2.24, 2.45) is 0 Å². The Hall–Kier alpha value is -5.02. The Morgan fingerprint density at radius 1 is 0.894 bits per heavy atom. The molecule has 0 aliphatic carbocycles. The number of H-pyrrole nitrogens is 2. The maximum Gasteiger partial charge on any atom is 0.124 e. The number of hydrogen-bond donors (Lipinski definition) is 4. The van der Waals surface area contributed by atoms with E-state index in [-0.39, 0.29) is 5.82 Å². The molecule has 0 fully saturated rings. The molecule has 0 aliphatic rings. The molecule has 0 unspecified atom stereocenters. The summed E-state index contributed by atoms with van der Waals surface area (Å²) in [4.78, 5) is 8.06. The van der Waals surface area contributed by atoms with Crippen molar-refractivity contribution < 1.29 is 4.39 Å². The lowest BCUT2D eigenvalue weighted by Gasteiger charge is -2.13. The molecular weight excluding hydrogens is 604 g/mol. The smallest absolute Gasteiger partial charge is 0.124 e. The highest BCUT2D eigenvalue weighted by atomic mass is 32.2. The van der Waals surface area contributed by atoms with E-state index in [1.54, 1.807) is 18.2 Å². The van der Waals surface area contributed by atoms with E-state index in [0.29, 0.717) is 6.54 Å². The lowest BCUT2D eigenvalue weighted by atomic mass is 9.95. The number of aryl methyl sites for hydroxylation is 1. The molecule has 4 N–H and O–H groups in total. The molecule has 6 aromatic rings. The van der Waals surface area contributed by atoms with Crippen LogP contribution in [0.2, 0.25) is 0 Å². The first-order valence-electron chi connectivity index (χ1n) is 15.4. The SMILES string of the molecule is C=C/C=C(/c1cc(F)cc(CNS(=C)(=C)C)c1)c1cc(-c2n[nH]c3ccc(-c4cncc(CNCc5ccccc5)c4)cc23)[nH]c1C. The van der Waals surface area contributed by atoms with Crippen LogP contribution in [0.5, 0.6) is 0 Å². The molecular formula is C39H39FN6S. The first-order valence-corrected chi connectivity index (χ1v) is 17.7. The maximum atomic E-state index is 14.9. The summed E-state index contributed by atoms with van der Waals surface area (Å²) in [6.45, 7) is 7.94. The Bertz CT molecular complexity index is 2190. The van der Waals surface area contributed by atoms with Crippen LogP contribution >= 0.6 is 9.39 Å². The summed E-state index contributed by atoms with van der Waals surface area (Å²) in [5.74, 6) is 7.85. The normalized spacial score (nSPS) is 12.1. The van der Waals surface area contributed by atoms with Gasteiger partial charge in [0.1, 0.15) is 11.5 Å². The van der Waals surface area contributed by atoms with E-state index < -0.39 is 9.39 Å². The number of fused-ring (bicyclic) bond motifs is 1. The second kappa shape index (κ2) is 13.8. The van der Waals surface area contributed by atoms with Crippen molar-refractivity contribution in [1.82, 2.24) is 30.2 Å². The van der Waals surface area contributed by atoms with Crippen LogP contribution in [-0.2, 0) is 19.6 Å². The summed E-state index contributed by atoms with van der Waals surface area (Å²) in [5.41, 5.74) is 11.4. The van der Waals surface area contributed by atoms with E-state index in [4.69, 9.17) is 5.10 Å². The Morgan fingerprint density at radius 3 is 2.49 bits per heavy atom. The summed E-state index contributed by atoms with van der Waals surface area (Å²) in [6, 6.07) is 26.0. The molecule has 0 radical (unpaired) electrons. The van der Waals surface area contributed by atoms with Crippen LogP contribution in [-0.4, -0.2) is 38.2 Å². The molecule has 0 spiro atoms. The summed E-state index contributed by atoms with van der Waals surface area (Å²) in [7, 11) is -1.44. The van der Waals surface area contributed by atoms with Gasteiger partial charge >= 0.3 is 0 Å². The monoisotopic (exact) mass is 642 g/mol. The largest absolute Gasteiger partial charge is 0.357 e. The van der Waals surface area contributed by atoms with Gasteiger partial charge in [-0.2, -0.15) is 14.5 Å². The Labute approximate surface area is 276 Å². The van der Waals surface area contributed by atoms with E-state index in [9.17, 15) is 4.39 Å². The molecule has 6 nitrogen and oxygen atoms in total. The number of halogens is 1. The topological polar surface area (TPSA) is 81.4 Å². The molecule has 6 rings (SSSR count). The number of nitrogens with one attached hydrogen (secondary N) is 4. The first kappa shape index (κ1) is 31.9. The summed E-state index contributed by atoms with van der Waals surface area (Å²) >= 11 is 0. The van der Waals surface area contributed by atoms with Crippen molar-refractivity contribution in [1.29, 1.82) is 0 Å². The summed E-state index contributed by atoms with van der Waals surface area (Å²) in [6.07, 6.45) is 9.40. The van der Waals surface area contributed by atoms with Crippen molar-refractivity contribution in [3.05, 3.63) is 149 Å². The van der Waals surface area contributed by atoms with E-state index in [2.05, 4.69) is 92.0 Å². The highest BCUT2D eigenvalue weighted by Gasteiger charge is 2.17. The number of pyridine rings is 1. The number of nitrogens with zero attached hydrogens (tertiary/aromatic N) is 2. The van der Waals surface area contributed by atoms with Crippen molar-refractivity contribution in [3.63, 3.8) is 0 Å². The van der Waals surface area contributed by atoms with Gasteiger partial charge in [0.15, 0.2) is 0 Å². The third-order valence-electron chi connectivity index (χ3n) is 7.93. The fraction of sp³-hybridized carbons (Fsp3) is 0.128. The van der Waals surface area contributed by atoms with Crippen LogP contribution in [0.1, 0.15) is 33.5 Å². The third-order valence-corrected chi connectivity index (χ3v) is 8.77. The number of aromatic amines is 2. The Balaban J connectivity index is 1.29. The fourth-order valence-corrected chi connectivity index (χ4v) is 6.19. The van der Waals surface area contributed by atoms with Crippen molar-refractivity contribution in [3.8, 4) is 22.5 Å². The second-order valence-electron chi connectivity index (χ2n) is 12.0. The molecule has 3 heterocycles. The summed E-state index contributed by atoms with van der Waals surface area (Å²) < 4.78 is 18.2. The average Bonchev–Trinajstić information content (AvgIpc) is 3.65. The highest BCUT2D eigenvalue weighted by molar-refractivity contribution is 8.25. The van der Waals surface area contributed by atoms with Gasteiger partial charge in [0.2, 0.25) is 0 Å². The average molecular weight is 643 g/mol. The zero-order valence-corrected chi connectivity index (χ0v) is 27.6. The predicted molar refractivity (Wildman–Crippen MR) is 199 cm³/mol. The molecule has 0 saturated carbocycles. The molecule has 238 valence electrons. The van der Waals surface area contributed by atoms with Crippen LogP contribution in [0.4, 0.5) is 4.39 Å². The van der Waals surface area contributed by atoms with E-state index >= 15 is 0 Å². The van der Waals surface area contributed by atoms with Gasteiger partial charge in [-0.3, -0.25) is 14.8 Å². The van der Waals surface area contributed by atoms with Crippen LogP contribution in [0.15, 0.2) is 110 Å². The Morgan fingerprint density at radius 2 is 1.70 bits per heavy atom. The lowest BCUT2D eigenvalue weighted by Crippen LogP contribution is -2.12. The van der Waals surface area contributed by atoms with E-state index in [1.165, 1.54) is 5.56 Å². The van der Waals surface area contributed by atoms with Gasteiger partial charge in [-0.25, -0.2) is 4.39 Å². The number of rotatable bonds is 12. The first-order chi connectivity index (χ1) is 22.7. The quantitative estimate of drug-likeness (QED) is 0.0800. The van der Waals surface area contributed by atoms with Gasteiger partial charge in [-0.15, -0.1) is 0 Å². The molecule has 3 aromatic heterocycles. The zero-order chi connectivity index (χ0) is 33.0. The van der Waals surface area contributed by atoms with E-state index in [1.807, 2.05) is 49.8 Å². The van der Waals surface area contributed by atoms with Gasteiger partial charge in [0, 0.05) is 54.2 Å². The number of benzene rings is 3. The van der Waals surface area contributed by atoms with Crippen molar-refractivity contribution in [2.45, 2.75) is 26.6 Å². The van der Waals surface area contributed by atoms with Crippen molar-refractivity contribution >= 4 is 37.6 Å². The molecule has 0 atom stereocenters. The molecule has 8 heteroatoms. The van der Waals surface area contributed by atoms with Gasteiger partial charge in [0.05, 0.1) is 11.2 Å².